The number of anilines is 2. The molecule has 1 aromatic rings. The molecular formula is C14H25N7O3. The molecule has 0 spiro atoms. The van der Waals surface area contributed by atoms with Gasteiger partial charge in [0, 0.05) is 19.5 Å². The van der Waals surface area contributed by atoms with E-state index in [-0.39, 0.29) is 30.2 Å². The minimum atomic E-state index is -0.794. The van der Waals surface area contributed by atoms with Gasteiger partial charge in [-0.1, -0.05) is 6.42 Å². The van der Waals surface area contributed by atoms with Crippen molar-refractivity contribution < 1.29 is 14.3 Å². The molecule has 3 amide bonds. The van der Waals surface area contributed by atoms with E-state index < -0.39 is 6.03 Å². The molecule has 0 aliphatic rings. The zero-order valence-electron chi connectivity index (χ0n) is 14.0. The van der Waals surface area contributed by atoms with Gasteiger partial charge in [0.05, 0.1) is 13.3 Å². The van der Waals surface area contributed by atoms with Gasteiger partial charge in [-0.25, -0.2) is 9.78 Å². The molecule has 10 heteroatoms. The smallest absolute Gasteiger partial charge is 0.319 e. The summed E-state index contributed by atoms with van der Waals surface area (Å²) < 4.78 is 5.14. The predicted octanol–water partition coefficient (Wildman–Crippen LogP) is -0.215. The van der Waals surface area contributed by atoms with Crippen molar-refractivity contribution in [2.24, 2.45) is 17.2 Å². The number of amides is 3. The Labute approximate surface area is 140 Å². The maximum atomic E-state index is 12.3. The number of rotatable bonds is 9. The zero-order chi connectivity index (χ0) is 18.1. The normalized spacial score (nSPS) is 11.7. The van der Waals surface area contributed by atoms with E-state index >= 15 is 0 Å². The largest absolute Gasteiger partial charge is 0.479 e. The lowest BCUT2D eigenvalue weighted by molar-refractivity contribution is -0.118. The average molecular weight is 339 g/mol. The van der Waals surface area contributed by atoms with Gasteiger partial charge in [-0.05, 0) is 19.4 Å². The van der Waals surface area contributed by atoms with Gasteiger partial charge in [-0.3, -0.25) is 10.1 Å². The fourth-order valence-corrected chi connectivity index (χ4v) is 2.06. The third-order valence-corrected chi connectivity index (χ3v) is 3.37. The lowest BCUT2D eigenvalue weighted by Crippen LogP contribution is -2.33. The number of carbonyl (C=O) groups is 2. The van der Waals surface area contributed by atoms with E-state index in [2.05, 4.69) is 15.3 Å². The summed E-state index contributed by atoms with van der Waals surface area (Å²) in [5, 5.41) is 2.24. The standard InChI is InChI=1S/C14H25N7O3/c1-21(11(22)7-9(16)5-3-4-6-15)10-8-18-14(20-13(17)23)19-12(10)24-2/h8-9H,3-7,15-16H2,1-2H3,(H3,17,18,19,20,23)/t9-/m0/s1. The number of aromatic nitrogens is 2. The molecule has 0 aliphatic carbocycles. The summed E-state index contributed by atoms with van der Waals surface area (Å²) in [4.78, 5) is 32.5. The van der Waals surface area contributed by atoms with Crippen LogP contribution in [-0.2, 0) is 4.79 Å². The summed E-state index contributed by atoms with van der Waals surface area (Å²) in [5.74, 6) is -0.0588. The van der Waals surface area contributed by atoms with Crippen LogP contribution in [0.3, 0.4) is 0 Å². The Morgan fingerprint density at radius 1 is 1.42 bits per heavy atom. The number of primary amides is 1. The average Bonchev–Trinajstić information content (AvgIpc) is 2.53. The van der Waals surface area contributed by atoms with Crippen molar-refractivity contribution in [1.82, 2.24) is 9.97 Å². The van der Waals surface area contributed by atoms with Gasteiger partial charge in [0.25, 0.3) is 0 Å². The summed E-state index contributed by atoms with van der Waals surface area (Å²) in [6.07, 6.45) is 4.05. The first-order valence-corrected chi connectivity index (χ1v) is 7.58. The molecule has 10 nitrogen and oxygen atoms in total. The van der Waals surface area contributed by atoms with Crippen molar-refractivity contribution in [3.05, 3.63) is 6.20 Å². The number of methoxy groups -OCH3 is 1. The van der Waals surface area contributed by atoms with E-state index in [1.54, 1.807) is 7.05 Å². The fourth-order valence-electron chi connectivity index (χ4n) is 2.06. The third kappa shape index (κ3) is 5.97. The van der Waals surface area contributed by atoms with Gasteiger partial charge in [-0.2, -0.15) is 4.98 Å². The van der Waals surface area contributed by atoms with Gasteiger partial charge in [0.1, 0.15) is 5.69 Å². The highest BCUT2D eigenvalue weighted by Gasteiger charge is 2.20. The van der Waals surface area contributed by atoms with E-state index in [0.717, 1.165) is 19.3 Å². The second kappa shape index (κ2) is 9.63. The number of nitrogens with one attached hydrogen (secondary N) is 1. The van der Waals surface area contributed by atoms with Crippen LogP contribution < -0.4 is 32.2 Å². The molecular weight excluding hydrogens is 314 g/mol. The lowest BCUT2D eigenvalue weighted by Gasteiger charge is -2.21. The molecule has 0 saturated heterocycles. The molecule has 1 aromatic heterocycles. The number of nitrogens with two attached hydrogens (primary N) is 3. The summed E-state index contributed by atoms with van der Waals surface area (Å²) in [6.45, 7) is 0.612. The lowest BCUT2D eigenvalue weighted by atomic mass is 10.1. The Hall–Kier alpha value is -2.46. The number of nitrogens with zero attached hydrogens (tertiary/aromatic N) is 3. The van der Waals surface area contributed by atoms with E-state index in [1.165, 1.54) is 18.2 Å². The van der Waals surface area contributed by atoms with Crippen LogP contribution in [0.15, 0.2) is 6.20 Å². The molecule has 1 rings (SSSR count). The van der Waals surface area contributed by atoms with Crippen LogP contribution in [0.2, 0.25) is 0 Å². The van der Waals surface area contributed by atoms with E-state index in [0.29, 0.717) is 12.2 Å². The SMILES string of the molecule is COc1nc(NC(N)=O)ncc1N(C)C(=O)C[C@@H](N)CCCCN. The van der Waals surface area contributed by atoms with Crippen LogP contribution in [0.1, 0.15) is 25.7 Å². The summed E-state index contributed by atoms with van der Waals surface area (Å²) in [7, 11) is 2.98. The molecule has 7 N–H and O–H groups in total. The van der Waals surface area contributed by atoms with E-state index in [4.69, 9.17) is 21.9 Å². The molecule has 0 saturated carbocycles. The molecule has 0 unspecified atom stereocenters. The van der Waals surface area contributed by atoms with Crippen LogP contribution in [0, 0.1) is 0 Å². The highest BCUT2D eigenvalue weighted by atomic mass is 16.5. The zero-order valence-corrected chi connectivity index (χ0v) is 14.0. The van der Waals surface area contributed by atoms with E-state index in [1.807, 2.05) is 0 Å². The van der Waals surface area contributed by atoms with Crippen molar-refractivity contribution in [3.8, 4) is 5.88 Å². The predicted molar refractivity (Wildman–Crippen MR) is 90.7 cm³/mol. The third-order valence-electron chi connectivity index (χ3n) is 3.37. The minimum Gasteiger partial charge on any atom is -0.479 e. The summed E-state index contributed by atoms with van der Waals surface area (Å²) in [6, 6.07) is -1.04. The van der Waals surface area contributed by atoms with Crippen LogP contribution >= 0.6 is 0 Å². The number of hydrogen-bond donors (Lipinski definition) is 4. The molecule has 134 valence electrons. The molecule has 1 heterocycles. The molecule has 1 atom stereocenters. The second-order valence-electron chi connectivity index (χ2n) is 5.28. The molecule has 0 bridgehead atoms. The van der Waals surface area contributed by atoms with Gasteiger partial charge < -0.3 is 26.8 Å². The molecule has 0 fully saturated rings. The maximum absolute atomic E-state index is 12.3. The van der Waals surface area contributed by atoms with Crippen LogP contribution in [0.4, 0.5) is 16.4 Å². The highest BCUT2D eigenvalue weighted by molar-refractivity contribution is 5.94. The Balaban J connectivity index is 2.76. The van der Waals surface area contributed by atoms with Crippen LogP contribution in [0.5, 0.6) is 5.88 Å². The number of unbranched alkanes of at least 4 members (excludes halogenated alkanes) is 1. The van der Waals surface area contributed by atoms with E-state index in [9.17, 15) is 9.59 Å². The van der Waals surface area contributed by atoms with Crippen molar-refractivity contribution in [3.63, 3.8) is 0 Å². The summed E-state index contributed by atoms with van der Waals surface area (Å²) >= 11 is 0. The highest BCUT2D eigenvalue weighted by Crippen LogP contribution is 2.26. The van der Waals surface area contributed by atoms with Crippen molar-refractivity contribution in [1.29, 1.82) is 0 Å². The molecule has 0 aliphatic heterocycles. The van der Waals surface area contributed by atoms with Crippen molar-refractivity contribution in [2.75, 3.05) is 30.9 Å². The van der Waals surface area contributed by atoms with Gasteiger partial charge >= 0.3 is 6.03 Å². The maximum Gasteiger partial charge on any atom is 0.319 e. The Bertz CT molecular complexity index is 567. The topological polar surface area (TPSA) is 162 Å². The number of carbonyl (C=O) groups excluding carboxylic acids is 2. The monoisotopic (exact) mass is 339 g/mol. The number of ether oxygens (including phenoxy) is 1. The van der Waals surface area contributed by atoms with Gasteiger partial charge in [0.2, 0.25) is 17.7 Å². The van der Waals surface area contributed by atoms with Gasteiger partial charge in [0.15, 0.2) is 0 Å². The molecule has 0 aromatic carbocycles. The Morgan fingerprint density at radius 3 is 2.71 bits per heavy atom. The molecule has 24 heavy (non-hydrogen) atoms. The Morgan fingerprint density at radius 2 is 2.12 bits per heavy atom. The van der Waals surface area contributed by atoms with Crippen molar-refractivity contribution >= 4 is 23.6 Å². The summed E-state index contributed by atoms with van der Waals surface area (Å²) in [5.41, 5.74) is 16.8. The quantitative estimate of drug-likeness (QED) is 0.452. The number of urea groups is 1. The van der Waals surface area contributed by atoms with Gasteiger partial charge in [-0.15, -0.1) is 0 Å². The second-order valence-corrected chi connectivity index (χ2v) is 5.28. The van der Waals surface area contributed by atoms with Crippen LogP contribution in [0.25, 0.3) is 0 Å². The van der Waals surface area contributed by atoms with Crippen molar-refractivity contribution in [2.45, 2.75) is 31.7 Å². The minimum absolute atomic E-state index is 0.0116. The first-order valence-electron chi connectivity index (χ1n) is 7.58. The fraction of sp³-hybridized carbons (Fsp3) is 0.571. The first-order chi connectivity index (χ1) is 11.4. The van der Waals surface area contributed by atoms with Crippen LogP contribution in [-0.4, -0.2) is 48.7 Å². The first kappa shape index (κ1) is 19.6. The Kier molecular flexibility index (Phi) is 7.86. The molecule has 0 radical (unpaired) electrons. The number of hydrogen-bond acceptors (Lipinski definition) is 7.